The molecule has 1 heterocycles. The zero-order valence-electron chi connectivity index (χ0n) is 11.9. The van der Waals surface area contributed by atoms with E-state index in [1.54, 1.807) is 0 Å². The number of anilines is 1. The molecule has 2 atom stereocenters. The van der Waals surface area contributed by atoms with Gasteiger partial charge in [0.15, 0.2) is 0 Å². The van der Waals surface area contributed by atoms with Crippen LogP contribution in [0, 0.1) is 11.3 Å². The van der Waals surface area contributed by atoms with Crippen molar-refractivity contribution in [1.82, 2.24) is 5.32 Å². The van der Waals surface area contributed by atoms with Gasteiger partial charge >= 0.3 is 0 Å². The molecule has 0 radical (unpaired) electrons. The third-order valence-corrected chi connectivity index (χ3v) is 4.10. The summed E-state index contributed by atoms with van der Waals surface area (Å²) in [5.74, 6) is 0. The number of nitrogens with zero attached hydrogens (tertiary/aromatic N) is 2. The maximum atomic E-state index is 8.82. The number of hydrogen-bond donors (Lipinski definition) is 1. The molecule has 0 aliphatic carbocycles. The van der Waals surface area contributed by atoms with Crippen molar-refractivity contribution in [3.05, 3.63) is 29.8 Å². The van der Waals surface area contributed by atoms with Crippen LogP contribution in [0.4, 0.5) is 5.69 Å². The molecular formula is C16H23N3. The van der Waals surface area contributed by atoms with E-state index in [1.807, 2.05) is 24.3 Å². The van der Waals surface area contributed by atoms with Gasteiger partial charge < -0.3 is 10.2 Å². The van der Waals surface area contributed by atoms with Gasteiger partial charge in [-0.25, -0.2) is 0 Å². The van der Waals surface area contributed by atoms with E-state index in [-0.39, 0.29) is 0 Å². The quantitative estimate of drug-likeness (QED) is 0.901. The molecule has 2 rings (SSSR count). The number of rotatable bonds is 4. The molecule has 102 valence electrons. The smallest absolute Gasteiger partial charge is 0.0991 e. The van der Waals surface area contributed by atoms with Gasteiger partial charge in [-0.2, -0.15) is 5.26 Å². The van der Waals surface area contributed by atoms with Crippen molar-refractivity contribution in [3.8, 4) is 6.07 Å². The molecular weight excluding hydrogens is 234 g/mol. The topological polar surface area (TPSA) is 39.1 Å². The van der Waals surface area contributed by atoms with E-state index in [4.69, 9.17) is 5.26 Å². The van der Waals surface area contributed by atoms with Crippen LogP contribution in [-0.2, 0) is 0 Å². The second-order valence-corrected chi connectivity index (χ2v) is 5.50. The first kappa shape index (κ1) is 13.9. The van der Waals surface area contributed by atoms with Crippen LogP contribution in [0.1, 0.15) is 38.2 Å². The van der Waals surface area contributed by atoms with Gasteiger partial charge in [-0.05, 0) is 57.0 Å². The molecule has 1 saturated heterocycles. The predicted molar refractivity (Wildman–Crippen MR) is 79.3 cm³/mol. The summed E-state index contributed by atoms with van der Waals surface area (Å²) < 4.78 is 0. The minimum absolute atomic E-state index is 0.503. The van der Waals surface area contributed by atoms with E-state index in [0.717, 1.165) is 12.1 Å². The van der Waals surface area contributed by atoms with E-state index >= 15 is 0 Å². The third-order valence-electron chi connectivity index (χ3n) is 4.10. The predicted octanol–water partition coefficient (Wildman–Crippen LogP) is 2.92. The lowest BCUT2D eigenvalue weighted by Gasteiger charge is -2.32. The summed E-state index contributed by atoms with van der Waals surface area (Å²) in [7, 11) is 2.13. The molecule has 3 heteroatoms. The van der Waals surface area contributed by atoms with Crippen molar-refractivity contribution in [3.63, 3.8) is 0 Å². The highest BCUT2D eigenvalue weighted by Crippen LogP contribution is 2.20. The molecule has 0 bridgehead atoms. The van der Waals surface area contributed by atoms with E-state index < -0.39 is 0 Å². The monoisotopic (exact) mass is 257 g/mol. The zero-order valence-corrected chi connectivity index (χ0v) is 11.9. The Kier molecular flexibility index (Phi) is 4.81. The van der Waals surface area contributed by atoms with Gasteiger partial charge in [0.05, 0.1) is 11.6 Å². The lowest BCUT2D eigenvalue weighted by molar-refractivity contribution is 0.362. The Labute approximate surface area is 116 Å². The molecule has 19 heavy (non-hydrogen) atoms. The summed E-state index contributed by atoms with van der Waals surface area (Å²) in [5, 5.41) is 12.4. The van der Waals surface area contributed by atoms with Crippen molar-refractivity contribution in [1.29, 1.82) is 5.26 Å². The summed E-state index contributed by atoms with van der Waals surface area (Å²) in [6.07, 6.45) is 5.14. The fourth-order valence-corrected chi connectivity index (χ4v) is 2.72. The Morgan fingerprint density at radius 2 is 2.11 bits per heavy atom. The van der Waals surface area contributed by atoms with Crippen LogP contribution in [-0.4, -0.2) is 25.7 Å². The SMILES string of the molecule is CC(CC1CCCCN1)N(C)c1ccc(C#N)cc1. The first-order chi connectivity index (χ1) is 9.20. The molecule has 0 saturated carbocycles. The molecule has 1 fully saturated rings. The van der Waals surface area contributed by atoms with Gasteiger partial charge in [-0.1, -0.05) is 6.42 Å². The van der Waals surface area contributed by atoms with Gasteiger partial charge in [0.2, 0.25) is 0 Å². The molecule has 0 amide bonds. The molecule has 3 nitrogen and oxygen atoms in total. The first-order valence-electron chi connectivity index (χ1n) is 7.17. The highest BCUT2D eigenvalue weighted by molar-refractivity contribution is 5.49. The Bertz CT molecular complexity index is 426. The van der Waals surface area contributed by atoms with Gasteiger partial charge in [-0.15, -0.1) is 0 Å². The zero-order chi connectivity index (χ0) is 13.7. The Balaban J connectivity index is 1.93. The third kappa shape index (κ3) is 3.71. The summed E-state index contributed by atoms with van der Waals surface area (Å²) in [4.78, 5) is 2.30. The van der Waals surface area contributed by atoms with Crippen molar-refractivity contribution in [2.45, 2.75) is 44.7 Å². The summed E-state index contributed by atoms with van der Waals surface area (Å²) in [6, 6.07) is 11.2. The maximum Gasteiger partial charge on any atom is 0.0991 e. The van der Waals surface area contributed by atoms with Crippen LogP contribution in [0.5, 0.6) is 0 Å². The standard InChI is InChI=1S/C16H23N3/c1-13(11-15-5-3-4-10-18-15)19(2)16-8-6-14(12-17)7-9-16/h6-9,13,15,18H,3-5,10-11H2,1-2H3. The number of benzene rings is 1. The fraction of sp³-hybridized carbons (Fsp3) is 0.562. The summed E-state index contributed by atoms with van der Waals surface area (Å²) in [5.41, 5.74) is 1.90. The normalized spacial score (nSPS) is 20.6. The molecule has 0 spiro atoms. The summed E-state index contributed by atoms with van der Waals surface area (Å²) in [6.45, 7) is 3.44. The van der Waals surface area contributed by atoms with E-state index in [9.17, 15) is 0 Å². The van der Waals surface area contributed by atoms with E-state index in [2.05, 4.69) is 30.3 Å². The van der Waals surface area contributed by atoms with Crippen LogP contribution < -0.4 is 10.2 Å². The minimum atomic E-state index is 0.503. The van der Waals surface area contributed by atoms with Gasteiger partial charge in [0.1, 0.15) is 0 Å². The average Bonchev–Trinajstić information content (AvgIpc) is 2.47. The Hall–Kier alpha value is -1.53. The number of piperidine rings is 1. The van der Waals surface area contributed by atoms with E-state index in [0.29, 0.717) is 12.1 Å². The lowest BCUT2D eigenvalue weighted by Crippen LogP contribution is -2.40. The van der Waals surface area contributed by atoms with Gasteiger partial charge in [0.25, 0.3) is 0 Å². The Morgan fingerprint density at radius 1 is 1.37 bits per heavy atom. The van der Waals surface area contributed by atoms with Crippen molar-refractivity contribution in [2.24, 2.45) is 0 Å². The summed E-state index contributed by atoms with van der Waals surface area (Å²) >= 11 is 0. The average molecular weight is 257 g/mol. The Morgan fingerprint density at radius 3 is 2.68 bits per heavy atom. The molecule has 1 N–H and O–H groups in total. The van der Waals surface area contributed by atoms with Crippen LogP contribution in [0.15, 0.2) is 24.3 Å². The largest absolute Gasteiger partial charge is 0.372 e. The molecule has 1 aromatic rings. The first-order valence-corrected chi connectivity index (χ1v) is 7.17. The highest BCUT2D eigenvalue weighted by Gasteiger charge is 2.18. The van der Waals surface area contributed by atoms with Crippen LogP contribution in [0.2, 0.25) is 0 Å². The minimum Gasteiger partial charge on any atom is -0.372 e. The second kappa shape index (κ2) is 6.58. The molecule has 1 aliphatic heterocycles. The maximum absolute atomic E-state index is 8.82. The lowest BCUT2D eigenvalue weighted by atomic mass is 9.98. The fourth-order valence-electron chi connectivity index (χ4n) is 2.72. The van der Waals surface area contributed by atoms with Crippen LogP contribution in [0.3, 0.4) is 0 Å². The van der Waals surface area contributed by atoms with Crippen LogP contribution >= 0.6 is 0 Å². The van der Waals surface area contributed by atoms with Gasteiger partial charge in [0, 0.05) is 24.8 Å². The highest BCUT2D eigenvalue weighted by atomic mass is 15.1. The van der Waals surface area contributed by atoms with E-state index in [1.165, 1.54) is 31.4 Å². The molecule has 0 aromatic heterocycles. The number of hydrogen-bond acceptors (Lipinski definition) is 3. The van der Waals surface area contributed by atoms with Crippen molar-refractivity contribution >= 4 is 5.69 Å². The van der Waals surface area contributed by atoms with Gasteiger partial charge in [-0.3, -0.25) is 0 Å². The molecule has 1 aliphatic rings. The second-order valence-electron chi connectivity index (χ2n) is 5.50. The number of nitriles is 1. The van der Waals surface area contributed by atoms with Crippen LogP contribution in [0.25, 0.3) is 0 Å². The molecule has 2 unspecified atom stereocenters. The molecule has 1 aromatic carbocycles. The van der Waals surface area contributed by atoms with Crippen molar-refractivity contribution < 1.29 is 0 Å². The number of nitrogens with one attached hydrogen (secondary N) is 1. The van der Waals surface area contributed by atoms with Crippen molar-refractivity contribution in [2.75, 3.05) is 18.5 Å².